The zero-order chi connectivity index (χ0) is 19.3. The molecule has 1 aliphatic heterocycles. The number of nitrogens with one attached hydrogen (secondary N) is 1. The number of hydrogen-bond acceptors (Lipinski definition) is 3. The number of sulfonamides is 1. The Balaban J connectivity index is 1.57. The molecule has 5 nitrogen and oxygen atoms in total. The third-order valence-electron chi connectivity index (χ3n) is 5.92. The number of nitrogens with zero attached hydrogens (tertiary/aromatic N) is 1. The van der Waals surface area contributed by atoms with Crippen LogP contribution in [-0.4, -0.2) is 43.0 Å². The molecule has 1 saturated carbocycles. The third-order valence-corrected chi connectivity index (χ3v) is 8.00. The summed E-state index contributed by atoms with van der Waals surface area (Å²) >= 11 is 0. The minimum Gasteiger partial charge on any atom is -0.352 e. The summed E-state index contributed by atoms with van der Waals surface area (Å²) in [6, 6.07) is 10.2. The van der Waals surface area contributed by atoms with E-state index in [1.807, 2.05) is 13.0 Å². The maximum atomic E-state index is 12.9. The van der Waals surface area contributed by atoms with Crippen molar-refractivity contribution in [2.45, 2.75) is 76.3 Å². The van der Waals surface area contributed by atoms with Crippen molar-refractivity contribution in [2.75, 3.05) is 12.3 Å². The molecule has 150 valence electrons. The summed E-state index contributed by atoms with van der Waals surface area (Å²) in [7, 11) is -3.34. The summed E-state index contributed by atoms with van der Waals surface area (Å²) in [4.78, 5) is 12.9. The summed E-state index contributed by atoms with van der Waals surface area (Å²) in [5.41, 5.74) is 1.38. The molecule has 0 aromatic heterocycles. The fourth-order valence-electron chi connectivity index (χ4n) is 4.47. The van der Waals surface area contributed by atoms with Crippen LogP contribution in [0.1, 0.15) is 69.8 Å². The summed E-state index contributed by atoms with van der Waals surface area (Å²) in [6.45, 7) is 2.34. The minimum atomic E-state index is -3.34. The van der Waals surface area contributed by atoms with Crippen LogP contribution in [0.5, 0.6) is 0 Å². The van der Waals surface area contributed by atoms with Gasteiger partial charge >= 0.3 is 0 Å². The number of benzene rings is 1. The Hall–Kier alpha value is -1.40. The number of hydrogen-bond donors (Lipinski definition) is 1. The molecule has 1 aromatic rings. The van der Waals surface area contributed by atoms with Crippen molar-refractivity contribution in [1.82, 2.24) is 9.62 Å². The Morgan fingerprint density at radius 2 is 1.78 bits per heavy atom. The van der Waals surface area contributed by atoms with Gasteiger partial charge in [-0.15, -0.1) is 0 Å². The molecule has 1 N–H and O–H groups in total. The van der Waals surface area contributed by atoms with E-state index in [1.165, 1.54) is 9.87 Å². The van der Waals surface area contributed by atoms with Crippen LogP contribution < -0.4 is 5.32 Å². The van der Waals surface area contributed by atoms with Crippen LogP contribution in [0.4, 0.5) is 0 Å². The molecule has 0 radical (unpaired) electrons. The van der Waals surface area contributed by atoms with Gasteiger partial charge in [0.25, 0.3) is 0 Å². The van der Waals surface area contributed by atoms with Gasteiger partial charge in [0.2, 0.25) is 15.9 Å². The Morgan fingerprint density at radius 3 is 2.44 bits per heavy atom. The number of piperidine rings is 1. The standard InChI is InChI=1S/C21H32N2O3S/c1-2-16-27(25,26)23-15-7-6-10-20(23)21(24)22-19-13-11-18(12-14-19)17-8-4-3-5-9-17/h3-5,8-9,18-20H,2,6-7,10-16H2,1H3,(H,22,24). The van der Waals surface area contributed by atoms with E-state index in [0.29, 0.717) is 25.3 Å². The highest BCUT2D eigenvalue weighted by atomic mass is 32.2. The zero-order valence-corrected chi connectivity index (χ0v) is 17.1. The number of rotatable bonds is 6. The summed E-state index contributed by atoms with van der Waals surface area (Å²) in [5.74, 6) is 0.590. The lowest BCUT2D eigenvalue weighted by atomic mass is 9.81. The summed E-state index contributed by atoms with van der Waals surface area (Å²) < 4.78 is 26.5. The Labute approximate surface area is 163 Å². The van der Waals surface area contributed by atoms with Crippen molar-refractivity contribution < 1.29 is 13.2 Å². The maximum absolute atomic E-state index is 12.9. The first kappa shape index (κ1) is 20.3. The highest BCUT2D eigenvalue weighted by Crippen LogP contribution is 2.33. The summed E-state index contributed by atoms with van der Waals surface area (Å²) in [5, 5.41) is 3.16. The molecular weight excluding hydrogens is 360 g/mol. The molecule has 0 bridgehead atoms. The van der Waals surface area contributed by atoms with Crippen molar-refractivity contribution in [3.8, 4) is 0 Å². The van der Waals surface area contributed by atoms with Gasteiger partial charge in [-0.1, -0.05) is 43.7 Å². The molecule has 0 spiro atoms. The van der Waals surface area contributed by atoms with E-state index in [1.54, 1.807) is 0 Å². The normalized spacial score (nSPS) is 27.2. The maximum Gasteiger partial charge on any atom is 0.238 e. The van der Waals surface area contributed by atoms with Crippen molar-refractivity contribution in [3.05, 3.63) is 35.9 Å². The second kappa shape index (κ2) is 9.20. The van der Waals surface area contributed by atoms with Crippen molar-refractivity contribution in [1.29, 1.82) is 0 Å². The fourth-order valence-corrected chi connectivity index (χ4v) is 6.22. The molecular formula is C21H32N2O3S. The lowest BCUT2D eigenvalue weighted by Gasteiger charge is -2.36. The van der Waals surface area contributed by atoms with Crippen molar-refractivity contribution >= 4 is 15.9 Å². The molecule has 6 heteroatoms. The molecule has 1 aliphatic carbocycles. The van der Waals surface area contributed by atoms with Gasteiger partial charge in [0, 0.05) is 12.6 Å². The van der Waals surface area contributed by atoms with Crippen LogP contribution in [0.15, 0.2) is 30.3 Å². The molecule has 3 rings (SSSR count). The van der Waals surface area contributed by atoms with Gasteiger partial charge < -0.3 is 5.32 Å². The van der Waals surface area contributed by atoms with Crippen molar-refractivity contribution in [3.63, 3.8) is 0 Å². The highest BCUT2D eigenvalue weighted by molar-refractivity contribution is 7.89. The SMILES string of the molecule is CCCS(=O)(=O)N1CCCCC1C(=O)NC1CCC(c2ccccc2)CC1. The van der Waals surface area contributed by atoms with Gasteiger partial charge in [-0.25, -0.2) is 8.42 Å². The van der Waals surface area contributed by atoms with Gasteiger partial charge in [-0.05, 0) is 56.4 Å². The molecule has 1 heterocycles. The first-order valence-corrected chi connectivity index (χ1v) is 12.0. The van der Waals surface area contributed by atoms with Gasteiger partial charge in [0.1, 0.15) is 6.04 Å². The number of amides is 1. The van der Waals surface area contributed by atoms with E-state index >= 15 is 0 Å². The second-order valence-corrected chi connectivity index (χ2v) is 9.95. The van der Waals surface area contributed by atoms with Gasteiger partial charge in [-0.3, -0.25) is 4.79 Å². The third kappa shape index (κ3) is 5.11. The fraction of sp³-hybridized carbons (Fsp3) is 0.667. The average Bonchev–Trinajstić information content (AvgIpc) is 2.69. The van der Waals surface area contributed by atoms with E-state index in [2.05, 4.69) is 29.6 Å². The van der Waals surface area contributed by atoms with Gasteiger partial charge in [0.15, 0.2) is 0 Å². The largest absolute Gasteiger partial charge is 0.352 e. The molecule has 2 fully saturated rings. The minimum absolute atomic E-state index is 0.0995. The van der Waals surface area contributed by atoms with Gasteiger partial charge in [-0.2, -0.15) is 4.31 Å². The second-order valence-electron chi connectivity index (χ2n) is 7.91. The Kier molecular flexibility index (Phi) is 6.93. The average molecular weight is 393 g/mol. The Morgan fingerprint density at radius 1 is 1.07 bits per heavy atom. The van der Waals surface area contributed by atoms with Crippen LogP contribution in [0, 0.1) is 0 Å². The first-order valence-electron chi connectivity index (χ1n) is 10.4. The molecule has 27 heavy (non-hydrogen) atoms. The Bertz CT molecular complexity index is 712. The first-order chi connectivity index (χ1) is 13.0. The van der Waals surface area contributed by atoms with E-state index in [0.717, 1.165) is 38.5 Å². The zero-order valence-electron chi connectivity index (χ0n) is 16.3. The van der Waals surface area contributed by atoms with Crippen LogP contribution in [0.25, 0.3) is 0 Å². The van der Waals surface area contributed by atoms with E-state index in [9.17, 15) is 13.2 Å². The van der Waals surface area contributed by atoms with Crippen LogP contribution in [0.3, 0.4) is 0 Å². The van der Waals surface area contributed by atoms with Gasteiger partial charge in [0.05, 0.1) is 5.75 Å². The monoisotopic (exact) mass is 392 g/mol. The lowest BCUT2D eigenvalue weighted by Crippen LogP contribution is -2.54. The number of carbonyl (C=O) groups excluding carboxylic acids is 1. The smallest absolute Gasteiger partial charge is 0.238 e. The predicted octanol–water partition coefficient (Wildman–Crippen LogP) is 3.42. The quantitative estimate of drug-likeness (QED) is 0.807. The topological polar surface area (TPSA) is 66.5 Å². The van der Waals surface area contributed by atoms with Crippen LogP contribution in [-0.2, 0) is 14.8 Å². The molecule has 1 atom stereocenters. The molecule has 1 aromatic carbocycles. The van der Waals surface area contributed by atoms with E-state index < -0.39 is 16.1 Å². The molecule has 2 aliphatic rings. The number of carbonyl (C=O) groups is 1. The lowest BCUT2D eigenvalue weighted by molar-refractivity contribution is -0.126. The van der Waals surface area contributed by atoms with E-state index in [-0.39, 0.29) is 17.7 Å². The highest BCUT2D eigenvalue weighted by Gasteiger charge is 2.37. The van der Waals surface area contributed by atoms with Crippen LogP contribution in [0.2, 0.25) is 0 Å². The predicted molar refractivity (Wildman–Crippen MR) is 108 cm³/mol. The summed E-state index contributed by atoms with van der Waals surface area (Å²) in [6.07, 6.45) is 7.02. The molecule has 1 unspecified atom stereocenters. The van der Waals surface area contributed by atoms with Crippen LogP contribution >= 0.6 is 0 Å². The molecule has 1 saturated heterocycles. The van der Waals surface area contributed by atoms with E-state index in [4.69, 9.17) is 0 Å². The van der Waals surface area contributed by atoms with Crippen molar-refractivity contribution in [2.24, 2.45) is 0 Å². The molecule has 1 amide bonds.